The maximum absolute atomic E-state index is 4.64. The zero-order valence-corrected chi connectivity index (χ0v) is 9.74. The van der Waals surface area contributed by atoms with Gasteiger partial charge in [-0.15, -0.1) is 0 Å². The zero-order valence-electron chi connectivity index (χ0n) is 9.74. The van der Waals surface area contributed by atoms with Crippen molar-refractivity contribution >= 4 is 0 Å². The minimum absolute atomic E-state index is 0.541. The molecule has 1 aliphatic heterocycles. The second-order valence-electron chi connectivity index (χ2n) is 4.67. The Balaban J connectivity index is 1.86. The van der Waals surface area contributed by atoms with E-state index in [0.717, 1.165) is 38.4 Å². The number of rotatable bonds is 1. The molecule has 1 N–H and O–H groups in total. The van der Waals surface area contributed by atoms with E-state index >= 15 is 0 Å². The SMILES string of the molecule is Cc1ncc2c(n1)C(N1CCNCC1)CC2. The standard InChI is InChI=1S/C12H18N4/c1-9-14-8-10-2-3-11(12(10)15-9)16-6-4-13-5-7-16/h8,11,13H,2-7H2,1H3. The Kier molecular flexibility index (Phi) is 2.61. The van der Waals surface area contributed by atoms with E-state index in [1.807, 2.05) is 13.1 Å². The summed E-state index contributed by atoms with van der Waals surface area (Å²) in [4.78, 5) is 11.5. The lowest BCUT2D eigenvalue weighted by Crippen LogP contribution is -2.44. The Labute approximate surface area is 96.1 Å². The van der Waals surface area contributed by atoms with Gasteiger partial charge in [-0.3, -0.25) is 4.90 Å². The van der Waals surface area contributed by atoms with Crippen molar-refractivity contribution < 1.29 is 0 Å². The van der Waals surface area contributed by atoms with Gasteiger partial charge in [-0.05, 0) is 25.3 Å². The molecule has 0 spiro atoms. The van der Waals surface area contributed by atoms with Crippen LogP contribution in [0.1, 0.15) is 29.5 Å². The largest absolute Gasteiger partial charge is 0.314 e. The Morgan fingerprint density at radius 1 is 1.38 bits per heavy atom. The van der Waals surface area contributed by atoms with Crippen LogP contribution < -0.4 is 5.32 Å². The van der Waals surface area contributed by atoms with Gasteiger partial charge in [0, 0.05) is 32.4 Å². The molecule has 16 heavy (non-hydrogen) atoms. The summed E-state index contributed by atoms with van der Waals surface area (Å²) in [6, 6.07) is 0.541. The molecular weight excluding hydrogens is 200 g/mol. The highest BCUT2D eigenvalue weighted by Gasteiger charge is 2.30. The Hall–Kier alpha value is -1.00. The fourth-order valence-corrected chi connectivity index (χ4v) is 2.77. The summed E-state index contributed by atoms with van der Waals surface area (Å²) >= 11 is 0. The molecule has 1 aromatic heterocycles. The van der Waals surface area contributed by atoms with Crippen LogP contribution in [0.15, 0.2) is 6.20 Å². The summed E-state index contributed by atoms with van der Waals surface area (Å²) in [5.41, 5.74) is 2.64. The predicted molar refractivity (Wildman–Crippen MR) is 62.3 cm³/mol. The van der Waals surface area contributed by atoms with E-state index < -0.39 is 0 Å². The molecule has 3 rings (SSSR count). The minimum atomic E-state index is 0.541. The third-order valence-electron chi connectivity index (χ3n) is 3.61. The van der Waals surface area contributed by atoms with Gasteiger partial charge in [-0.25, -0.2) is 9.97 Å². The number of hydrogen-bond acceptors (Lipinski definition) is 4. The van der Waals surface area contributed by atoms with Gasteiger partial charge in [0.2, 0.25) is 0 Å². The maximum atomic E-state index is 4.64. The predicted octanol–water partition coefficient (Wildman–Crippen LogP) is 0.678. The van der Waals surface area contributed by atoms with E-state index in [9.17, 15) is 0 Å². The molecule has 4 nitrogen and oxygen atoms in total. The van der Waals surface area contributed by atoms with Crippen LogP contribution >= 0.6 is 0 Å². The van der Waals surface area contributed by atoms with Crippen molar-refractivity contribution in [1.82, 2.24) is 20.2 Å². The van der Waals surface area contributed by atoms with E-state index in [1.165, 1.54) is 17.7 Å². The molecule has 1 fully saturated rings. The lowest BCUT2D eigenvalue weighted by Gasteiger charge is -2.32. The number of hydrogen-bond donors (Lipinski definition) is 1. The first-order chi connectivity index (χ1) is 7.84. The van der Waals surface area contributed by atoms with Crippen molar-refractivity contribution in [3.8, 4) is 0 Å². The third kappa shape index (κ3) is 1.72. The van der Waals surface area contributed by atoms with Gasteiger partial charge in [0.15, 0.2) is 0 Å². The third-order valence-corrected chi connectivity index (χ3v) is 3.61. The molecule has 1 saturated heterocycles. The average Bonchev–Trinajstić information content (AvgIpc) is 2.73. The van der Waals surface area contributed by atoms with Gasteiger partial charge in [-0.1, -0.05) is 0 Å². The summed E-state index contributed by atoms with van der Waals surface area (Å²) < 4.78 is 0. The second kappa shape index (κ2) is 4.11. The highest BCUT2D eigenvalue weighted by molar-refractivity contribution is 5.26. The number of aryl methyl sites for hydroxylation is 2. The second-order valence-corrected chi connectivity index (χ2v) is 4.67. The Morgan fingerprint density at radius 3 is 3.00 bits per heavy atom. The highest BCUT2D eigenvalue weighted by atomic mass is 15.2. The topological polar surface area (TPSA) is 41.1 Å². The number of fused-ring (bicyclic) bond motifs is 1. The fraction of sp³-hybridized carbons (Fsp3) is 0.667. The van der Waals surface area contributed by atoms with Crippen LogP contribution in [0.2, 0.25) is 0 Å². The molecule has 0 bridgehead atoms. The van der Waals surface area contributed by atoms with Crippen LogP contribution in [0.4, 0.5) is 0 Å². The van der Waals surface area contributed by atoms with Crippen LogP contribution in [0.25, 0.3) is 0 Å². The quantitative estimate of drug-likeness (QED) is 0.752. The summed E-state index contributed by atoms with van der Waals surface area (Å²) in [6.45, 7) is 6.49. The molecule has 86 valence electrons. The number of nitrogens with zero attached hydrogens (tertiary/aromatic N) is 3. The van der Waals surface area contributed by atoms with E-state index in [1.54, 1.807) is 0 Å². The van der Waals surface area contributed by atoms with Crippen LogP contribution in [0.5, 0.6) is 0 Å². The van der Waals surface area contributed by atoms with E-state index in [0.29, 0.717) is 6.04 Å². The van der Waals surface area contributed by atoms with Crippen molar-refractivity contribution in [3.63, 3.8) is 0 Å². The number of aromatic nitrogens is 2. The van der Waals surface area contributed by atoms with Crippen LogP contribution in [-0.4, -0.2) is 41.0 Å². The molecule has 2 heterocycles. The van der Waals surface area contributed by atoms with Crippen LogP contribution in [0.3, 0.4) is 0 Å². The van der Waals surface area contributed by atoms with Gasteiger partial charge in [-0.2, -0.15) is 0 Å². The van der Waals surface area contributed by atoms with E-state index in [2.05, 4.69) is 20.2 Å². The normalized spacial score (nSPS) is 25.7. The number of piperazine rings is 1. The molecule has 1 aromatic rings. The Morgan fingerprint density at radius 2 is 2.19 bits per heavy atom. The lowest BCUT2D eigenvalue weighted by molar-refractivity contribution is 0.170. The first-order valence-electron chi connectivity index (χ1n) is 6.12. The van der Waals surface area contributed by atoms with Gasteiger partial charge in [0.25, 0.3) is 0 Å². The fourth-order valence-electron chi connectivity index (χ4n) is 2.77. The summed E-state index contributed by atoms with van der Waals surface area (Å²) in [5.74, 6) is 0.904. The molecule has 0 radical (unpaired) electrons. The van der Waals surface area contributed by atoms with Gasteiger partial charge >= 0.3 is 0 Å². The van der Waals surface area contributed by atoms with Crippen molar-refractivity contribution in [3.05, 3.63) is 23.3 Å². The van der Waals surface area contributed by atoms with Crippen molar-refractivity contribution in [2.24, 2.45) is 0 Å². The van der Waals surface area contributed by atoms with Gasteiger partial charge in [0.1, 0.15) is 5.82 Å². The molecule has 1 unspecified atom stereocenters. The lowest BCUT2D eigenvalue weighted by atomic mass is 10.1. The molecule has 0 amide bonds. The monoisotopic (exact) mass is 218 g/mol. The summed E-state index contributed by atoms with van der Waals surface area (Å²) in [6.07, 6.45) is 4.37. The van der Waals surface area contributed by atoms with Crippen molar-refractivity contribution in [2.45, 2.75) is 25.8 Å². The maximum Gasteiger partial charge on any atom is 0.125 e. The molecular formula is C12H18N4. The minimum Gasteiger partial charge on any atom is -0.314 e. The molecule has 4 heteroatoms. The van der Waals surface area contributed by atoms with Crippen LogP contribution in [0, 0.1) is 6.92 Å². The Bertz CT molecular complexity index is 385. The van der Waals surface area contributed by atoms with Gasteiger partial charge < -0.3 is 5.32 Å². The summed E-state index contributed by atoms with van der Waals surface area (Å²) in [5, 5.41) is 3.40. The molecule has 0 aromatic carbocycles. The highest BCUT2D eigenvalue weighted by Crippen LogP contribution is 2.33. The smallest absolute Gasteiger partial charge is 0.125 e. The number of nitrogens with one attached hydrogen (secondary N) is 1. The summed E-state index contributed by atoms with van der Waals surface area (Å²) in [7, 11) is 0. The first kappa shape index (κ1) is 10.2. The molecule has 0 saturated carbocycles. The van der Waals surface area contributed by atoms with E-state index in [4.69, 9.17) is 0 Å². The first-order valence-corrected chi connectivity index (χ1v) is 6.12. The molecule has 1 aliphatic carbocycles. The van der Waals surface area contributed by atoms with Crippen LogP contribution in [-0.2, 0) is 6.42 Å². The average molecular weight is 218 g/mol. The zero-order chi connectivity index (χ0) is 11.0. The van der Waals surface area contributed by atoms with E-state index in [-0.39, 0.29) is 0 Å². The molecule has 1 atom stereocenters. The van der Waals surface area contributed by atoms with Gasteiger partial charge in [0.05, 0.1) is 11.7 Å². The van der Waals surface area contributed by atoms with Crippen molar-refractivity contribution in [2.75, 3.05) is 26.2 Å². The molecule has 2 aliphatic rings. The van der Waals surface area contributed by atoms with Crippen molar-refractivity contribution in [1.29, 1.82) is 0 Å².